The Morgan fingerprint density at radius 2 is 2.00 bits per heavy atom. The first-order valence-electron chi connectivity index (χ1n) is 5.52. The summed E-state index contributed by atoms with van der Waals surface area (Å²) >= 11 is 0. The molecule has 1 fully saturated rings. The highest BCUT2D eigenvalue weighted by Crippen LogP contribution is 2.26. The van der Waals surface area contributed by atoms with Gasteiger partial charge in [-0.3, -0.25) is 4.79 Å². The fourth-order valence-electron chi connectivity index (χ4n) is 1.93. The molecule has 74 valence electrons. The van der Waals surface area contributed by atoms with Crippen LogP contribution in [0.25, 0.3) is 0 Å². The lowest BCUT2D eigenvalue weighted by Gasteiger charge is -2.19. The molecular formula is C12H20O. The zero-order valence-electron chi connectivity index (χ0n) is 8.59. The van der Waals surface area contributed by atoms with Gasteiger partial charge < -0.3 is 0 Å². The zero-order valence-corrected chi connectivity index (χ0v) is 8.59. The first-order chi connectivity index (χ1) is 6.33. The third-order valence-corrected chi connectivity index (χ3v) is 2.85. The van der Waals surface area contributed by atoms with Gasteiger partial charge in [0.25, 0.3) is 0 Å². The number of hydrogen-bond donors (Lipinski definition) is 0. The van der Waals surface area contributed by atoms with Crippen molar-refractivity contribution in [3.8, 4) is 0 Å². The van der Waals surface area contributed by atoms with E-state index in [2.05, 4.69) is 6.08 Å². The topological polar surface area (TPSA) is 17.1 Å². The van der Waals surface area contributed by atoms with Gasteiger partial charge in [-0.25, -0.2) is 0 Å². The number of rotatable bonds is 4. The molecule has 0 unspecified atom stereocenters. The number of carbonyl (C=O) groups is 1. The van der Waals surface area contributed by atoms with Gasteiger partial charge in [-0.05, 0) is 18.4 Å². The molecule has 0 saturated heterocycles. The Balaban J connectivity index is 2.16. The van der Waals surface area contributed by atoms with Gasteiger partial charge >= 0.3 is 0 Å². The molecule has 0 N–H and O–H groups in total. The lowest BCUT2D eigenvalue weighted by Crippen LogP contribution is -2.04. The molecule has 1 aliphatic rings. The van der Waals surface area contributed by atoms with E-state index in [1.165, 1.54) is 32.1 Å². The van der Waals surface area contributed by atoms with Crippen molar-refractivity contribution in [3.63, 3.8) is 0 Å². The first kappa shape index (κ1) is 10.5. The molecular weight excluding hydrogens is 160 g/mol. The van der Waals surface area contributed by atoms with Crippen molar-refractivity contribution in [1.29, 1.82) is 0 Å². The minimum atomic E-state index is 0.260. The molecule has 1 heteroatoms. The van der Waals surface area contributed by atoms with E-state index < -0.39 is 0 Å². The van der Waals surface area contributed by atoms with Crippen LogP contribution in [0.1, 0.15) is 51.9 Å². The van der Waals surface area contributed by atoms with Crippen LogP contribution in [0.3, 0.4) is 0 Å². The van der Waals surface area contributed by atoms with Crippen LogP contribution in [0.15, 0.2) is 12.2 Å². The molecule has 0 aromatic carbocycles. The second-order valence-electron chi connectivity index (χ2n) is 3.96. The first-order valence-corrected chi connectivity index (χ1v) is 5.52. The molecule has 1 rings (SSSR count). The molecule has 0 radical (unpaired) electrons. The summed E-state index contributed by atoms with van der Waals surface area (Å²) in [5.41, 5.74) is 0. The van der Waals surface area contributed by atoms with Gasteiger partial charge in [0.05, 0.1) is 0 Å². The monoisotopic (exact) mass is 180 g/mol. The SMILES string of the molecule is CCC(=O)/C=C/CC1CCCCC1. The van der Waals surface area contributed by atoms with Crippen LogP contribution in [0, 0.1) is 5.92 Å². The Morgan fingerprint density at radius 3 is 2.62 bits per heavy atom. The molecule has 0 aromatic rings. The molecule has 1 aliphatic carbocycles. The summed E-state index contributed by atoms with van der Waals surface area (Å²) in [4.78, 5) is 11.0. The van der Waals surface area contributed by atoms with E-state index in [-0.39, 0.29) is 5.78 Å². The second-order valence-corrected chi connectivity index (χ2v) is 3.96. The predicted octanol–water partition coefficient (Wildman–Crippen LogP) is 3.49. The molecule has 13 heavy (non-hydrogen) atoms. The van der Waals surface area contributed by atoms with E-state index in [1.54, 1.807) is 6.08 Å². The Kier molecular flexibility index (Phi) is 4.81. The van der Waals surface area contributed by atoms with Crippen molar-refractivity contribution in [1.82, 2.24) is 0 Å². The van der Waals surface area contributed by atoms with Crippen LogP contribution >= 0.6 is 0 Å². The van der Waals surface area contributed by atoms with Crippen LogP contribution in [0.2, 0.25) is 0 Å². The highest BCUT2D eigenvalue weighted by molar-refractivity contribution is 5.89. The minimum absolute atomic E-state index is 0.260. The fraction of sp³-hybridized carbons (Fsp3) is 0.750. The van der Waals surface area contributed by atoms with E-state index >= 15 is 0 Å². The molecule has 1 saturated carbocycles. The third kappa shape index (κ3) is 4.25. The van der Waals surface area contributed by atoms with Gasteiger partial charge in [-0.15, -0.1) is 0 Å². The highest BCUT2D eigenvalue weighted by Gasteiger charge is 2.11. The van der Waals surface area contributed by atoms with Crippen LogP contribution < -0.4 is 0 Å². The molecule has 0 aliphatic heterocycles. The maximum absolute atomic E-state index is 11.0. The lowest BCUT2D eigenvalue weighted by atomic mass is 9.87. The van der Waals surface area contributed by atoms with Gasteiger partial charge in [0.2, 0.25) is 0 Å². The predicted molar refractivity (Wildman–Crippen MR) is 55.6 cm³/mol. The Labute approximate surface area is 81.2 Å². The van der Waals surface area contributed by atoms with Crippen LogP contribution in [0.5, 0.6) is 0 Å². The lowest BCUT2D eigenvalue weighted by molar-refractivity contribution is -0.114. The van der Waals surface area contributed by atoms with Crippen molar-refractivity contribution in [3.05, 3.63) is 12.2 Å². The third-order valence-electron chi connectivity index (χ3n) is 2.85. The smallest absolute Gasteiger partial charge is 0.155 e. The van der Waals surface area contributed by atoms with Crippen molar-refractivity contribution in [2.24, 2.45) is 5.92 Å². The normalized spacial score (nSPS) is 19.5. The molecule has 0 amide bonds. The van der Waals surface area contributed by atoms with Crippen molar-refractivity contribution in [2.45, 2.75) is 51.9 Å². The van der Waals surface area contributed by atoms with E-state index in [9.17, 15) is 4.79 Å². The number of carbonyl (C=O) groups excluding carboxylic acids is 1. The number of ketones is 1. The summed E-state index contributed by atoms with van der Waals surface area (Å²) in [6.07, 6.45) is 12.5. The summed E-state index contributed by atoms with van der Waals surface area (Å²) < 4.78 is 0. The maximum Gasteiger partial charge on any atom is 0.155 e. The second kappa shape index (κ2) is 5.95. The standard InChI is InChI=1S/C12H20O/c1-2-12(13)10-6-9-11-7-4-3-5-8-11/h6,10-11H,2-5,7-9H2,1H3/b10-6+. The minimum Gasteiger partial charge on any atom is -0.295 e. The summed E-state index contributed by atoms with van der Waals surface area (Å²) in [5, 5.41) is 0. The van der Waals surface area contributed by atoms with Gasteiger partial charge in [-0.1, -0.05) is 45.1 Å². The average molecular weight is 180 g/mol. The molecule has 1 nitrogen and oxygen atoms in total. The molecule has 0 spiro atoms. The molecule has 0 heterocycles. The summed E-state index contributed by atoms with van der Waals surface area (Å²) in [6.45, 7) is 1.91. The summed E-state index contributed by atoms with van der Waals surface area (Å²) in [6, 6.07) is 0. The van der Waals surface area contributed by atoms with E-state index in [1.807, 2.05) is 6.92 Å². The fourth-order valence-corrected chi connectivity index (χ4v) is 1.93. The molecule has 0 aromatic heterocycles. The Hall–Kier alpha value is -0.590. The van der Waals surface area contributed by atoms with Gasteiger partial charge in [0, 0.05) is 6.42 Å². The van der Waals surface area contributed by atoms with Gasteiger partial charge in [-0.2, -0.15) is 0 Å². The van der Waals surface area contributed by atoms with Crippen LogP contribution in [-0.4, -0.2) is 5.78 Å². The average Bonchev–Trinajstić information content (AvgIpc) is 2.19. The summed E-state index contributed by atoms with van der Waals surface area (Å²) in [7, 11) is 0. The van der Waals surface area contributed by atoms with Gasteiger partial charge in [0.15, 0.2) is 5.78 Å². The molecule has 0 bridgehead atoms. The van der Waals surface area contributed by atoms with Crippen LogP contribution in [-0.2, 0) is 4.79 Å². The van der Waals surface area contributed by atoms with E-state index in [0.29, 0.717) is 6.42 Å². The van der Waals surface area contributed by atoms with E-state index in [0.717, 1.165) is 12.3 Å². The zero-order chi connectivity index (χ0) is 9.52. The number of allylic oxidation sites excluding steroid dienone is 2. The van der Waals surface area contributed by atoms with Crippen LogP contribution in [0.4, 0.5) is 0 Å². The largest absolute Gasteiger partial charge is 0.295 e. The summed E-state index contributed by atoms with van der Waals surface area (Å²) in [5.74, 6) is 1.12. The molecule has 0 atom stereocenters. The Bertz CT molecular complexity index is 176. The number of hydrogen-bond acceptors (Lipinski definition) is 1. The quantitative estimate of drug-likeness (QED) is 0.605. The van der Waals surface area contributed by atoms with E-state index in [4.69, 9.17) is 0 Å². The van der Waals surface area contributed by atoms with Gasteiger partial charge in [0.1, 0.15) is 0 Å². The van der Waals surface area contributed by atoms with Crippen molar-refractivity contribution >= 4 is 5.78 Å². The highest BCUT2D eigenvalue weighted by atomic mass is 16.1. The maximum atomic E-state index is 11.0. The van der Waals surface area contributed by atoms with Crippen molar-refractivity contribution < 1.29 is 4.79 Å². The Morgan fingerprint density at radius 1 is 1.31 bits per heavy atom. The van der Waals surface area contributed by atoms with Crippen molar-refractivity contribution in [2.75, 3.05) is 0 Å².